The van der Waals surface area contributed by atoms with E-state index in [0.29, 0.717) is 23.9 Å². The Balaban J connectivity index is 0.943. The molecule has 2 N–H and O–H groups in total. The summed E-state index contributed by atoms with van der Waals surface area (Å²) >= 11 is 1.59. The molecule has 0 spiro atoms. The lowest BCUT2D eigenvalue weighted by Gasteiger charge is -2.59. The second kappa shape index (κ2) is 16.3. The Morgan fingerprint density at radius 1 is 0.889 bits per heavy atom. The number of Topliss-reactive ketones (excluding diaryl/α,β-unsaturated/α-hetero) is 1. The third-order valence-electron chi connectivity index (χ3n) is 15.0. The highest BCUT2D eigenvalue weighted by Gasteiger charge is 2.62. The average Bonchev–Trinajstić information content (AvgIpc) is 3.98. The third kappa shape index (κ3) is 8.27. The van der Waals surface area contributed by atoms with Crippen molar-refractivity contribution in [3.8, 4) is 11.1 Å². The zero-order chi connectivity index (χ0) is 43.6. The van der Waals surface area contributed by atoms with Crippen LogP contribution in [-0.4, -0.2) is 91.5 Å². The summed E-state index contributed by atoms with van der Waals surface area (Å²) in [5, 5.41) is 21.7. The lowest BCUT2D eigenvalue weighted by molar-refractivity contribution is -0.163. The molecule has 5 aromatic rings. The molecule has 4 aliphatic carbocycles. The Morgan fingerprint density at radius 2 is 1.71 bits per heavy atom. The van der Waals surface area contributed by atoms with Gasteiger partial charge in [-0.1, -0.05) is 37.3 Å². The topological polar surface area (TPSA) is 143 Å². The van der Waals surface area contributed by atoms with Gasteiger partial charge in [0, 0.05) is 60.5 Å². The molecule has 4 bridgehead atoms. The van der Waals surface area contributed by atoms with Gasteiger partial charge in [-0.15, -0.1) is 10.2 Å². The van der Waals surface area contributed by atoms with Gasteiger partial charge in [0.05, 0.1) is 28.6 Å². The molecule has 11 rings (SSSR count). The minimum absolute atomic E-state index is 0.0205. The summed E-state index contributed by atoms with van der Waals surface area (Å²) in [7, 11) is 0. The van der Waals surface area contributed by atoms with Gasteiger partial charge in [-0.2, -0.15) is 5.10 Å². The number of benzene rings is 1. The minimum Gasteiger partial charge on any atom is -0.374 e. The van der Waals surface area contributed by atoms with E-state index in [0.717, 1.165) is 101 Å². The third-order valence-corrected chi connectivity index (χ3v) is 16.0. The molecule has 2 aliphatic heterocycles. The van der Waals surface area contributed by atoms with Gasteiger partial charge >= 0.3 is 0 Å². The van der Waals surface area contributed by atoms with Gasteiger partial charge in [0.25, 0.3) is 5.91 Å². The first kappa shape index (κ1) is 42.2. The van der Waals surface area contributed by atoms with Crippen LogP contribution in [-0.2, 0) is 22.5 Å². The number of likely N-dealkylation sites (tertiary alicyclic amines) is 1. The number of amides is 1. The molecule has 14 heteroatoms. The number of nitrogens with one attached hydrogen (secondary N) is 2. The fourth-order valence-corrected chi connectivity index (χ4v) is 13.9. The summed E-state index contributed by atoms with van der Waals surface area (Å²) in [5.74, 6) is 1.76. The first-order valence-electron chi connectivity index (χ1n) is 23.2. The van der Waals surface area contributed by atoms with Gasteiger partial charge in [0.2, 0.25) is 0 Å². The molecular weight excluding hydrogens is 809 g/mol. The number of hydrogen-bond acceptors (Lipinski definition) is 12. The summed E-state index contributed by atoms with van der Waals surface area (Å²) in [5.41, 5.74) is 6.48. The van der Waals surface area contributed by atoms with Crippen molar-refractivity contribution in [2.24, 2.45) is 16.2 Å². The lowest BCUT2D eigenvalue weighted by Crippen LogP contribution is -2.54. The van der Waals surface area contributed by atoms with Crippen LogP contribution in [0.1, 0.15) is 119 Å². The number of aromatic nitrogens is 6. The highest BCUT2D eigenvalue weighted by Crippen LogP contribution is 2.69. The largest absolute Gasteiger partial charge is 0.374 e. The van der Waals surface area contributed by atoms with Crippen molar-refractivity contribution in [2.45, 2.75) is 124 Å². The van der Waals surface area contributed by atoms with E-state index in [1.165, 1.54) is 51.6 Å². The van der Waals surface area contributed by atoms with Crippen LogP contribution < -0.4 is 15.5 Å². The van der Waals surface area contributed by atoms with Crippen molar-refractivity contribution in [1.29, 1.82) is 0 Å². The molecule has 332 valence electrons. The maximum Gasteiger partial charge on any atom is 0.270 e. The molecule has 63 heavy (non-hydrogen) atoms. The number of carbonyl (C=O) groups excluding carboxylic acids is 2. The Kier molecular flexibility index (Phi) is 10.9. The van der Waals surface area contributed by atoms with Crippen molar-refractivity contribution < 1.29 is 14.3 Å². The Hall–Kier alpha value is -4.79. The van der Waals surface area contributed by atoms with E-state index in [2.05, 4.69) is 64.0 Å². The Bertz CT molecular complexity index is 2530. The van der Waals surface area contributed by atoms with Gasteiger partial charge in [-0.3, -0.25) is 14.3 Å². The second-order valence-corrected chi connectivity index (χ2v) is 21.5. The Labute approximate surface area is 374 Å². The number of pyridine rings is 1. The van der Waals surface area contributed by atoms with Crippen LogP contribution in [0.4, 0.5) is 22.6 Å². The van der Waals surface area contributed by atoms with E-state index >= 15 is 0 Å². The second-order valence-electron chi connectivity index (χ2n) is 20.5. The average molecular weight is 871 g/mol. The summed E-state index contributed by atoms with van der Waals surface area (Å²) in [6.45, 7) is 16.8. The number of rotatable bonds is 14. The maximum atomic E-state index is 14.2. The number of para-hydroxylation sites is 1. The van der Waals surface area contributed by atoms with E-state index in [4.69, 9.17) is 24.9 Å². The van der Waals surface area contributed by atoms with Crippen LogP contribution in [0.3, 0.4) is 0 Å². The zero-order valence-corrected chi connectivity index (χ0v) is 38.5. The summed E-state index contributed by atoms with van der Waals surface area (Å²) < 4.78 is 10.4. The van der Waals surface area contributed by atoms with Crippen molar-refractivity contribution in [1.82, 2.24) is 40.2 Å². The molecule has 4 unspecified atom stereocenters. The molecule has 1 amide bonds. The fraction of sp³-hybridized carbons (Fsp3) is 0.571. The van der Waals surface area contributed by atoms with Crippen LogP contribution >= 0.6 is 11.3 Å². The predicted octanol–water partition coefficient (Wildman–Crippen LogP) is 9.12. The van der Waals surface area contributed by atoms with Gasteiger partial charge in [-0.05, 0) is 145 Å². The van der Waals surface area contributed by atoms with Gasteiger partial charge in [0.1, 0.15) is 17.3 Å². The van der Waals surface area contributed by atoms with Crippen molar-refractivity contribution in [3.63, 3.8) is 0 Å². The highest BCUT2D eigenvalue weighted by atomic mass is 32.1. The van der Waals surface area contributed by atoms with Gasteiger partial charge < -0.3 is 25.2 Å². The number of thiazole rings is 1. The quantitative estimate of drug-likeness (QED) is 0.110. The van der Waals surface area contributed by atoms with Crippen LogP contribution in [0.25, 0.3) is 21.3 Å². The maximum absolute atomic E-state index is 14.2. The molecule has 0 radical (unpaired) electrons. The summed E-state index contributed by atoms with van der Waals surface area (Å²) in [4.78, 5) is 40.6. The molecule has 5 fully saturated rings. The molecule has 4 aromatic heterocycles. The number of ketones is 1. The zero-order valence-electron chi connectivity index (χ0n) is 37.7. The van der Waals surface area contributed by atoms with Crippen LogP contribution in [0.5, 0.6) is 0 Å². The summed E-state index contributed by atoms with van der Waals surface area (Å²) in [6.07, 6.45) is 14.7. The molecule has 1 aromatic carbocycles. The van der Waals surface area contributed by atoms with Crippen molar-refractivity contribution in [3.05, 3.63) is 65.1 Å². The molecule has 4 atom stereocenters. The van der Waals surface area contributed by atoms with Crippen molar-refractivity contribution in [2.75, 3.05) is 49.5 Å². The summed E-state index contributed by atoms with van der Waals surface area (Å²) in [6, 6.07) is 12.1. The molecule has 4 saturated carbocycles. The van der Waals surface area contributed by atoms with Crippen LogP contribution in [0.2, 0.25) is 0 Å². The van der Waals surface area contributed by atoms with E-state index in [-0.39, 0.29) is 46.5 Å². The van der Waals surface area contributed by atoms with Gasteiger partial charge in [0.15, 0.2) is 16.8 Å². The standard InChI is InChI=1S/C49H62N10O3S/c1-32(60)16-19-50-44(61)41-36(14-15-40(53-41)58-22-10-11-35-33(2)42(55-56-43(35)58)54-45-52-38-12-6-7-13-39(38)63-45)37-25-51-59(34(37)3)31-48-27-46(4)17-18-49(30-48,29-47(5,26-46)28-48)62-24-23-57-20-8-9-21-57/h6-7,12-15,25H,8-11,16-24,26-31H2,1-5H3,(H,50,61)(H,52,54,55). The monoisotopic (exact) mass is 870 g/mol. The Morgan fingerprint density at radius 3 is 2.54 bits per heavy atom. The number of ether oxygens (including phenoxy) is 1. The normalized spacial score (nSPS) is 26.6. The van der Waals surface area contributed by atoms with E-state index in [1.54, 1.807) is 18.3 Å². The molecule has 13 nitrogen and oxygen atoms in total. The SMILES string of the molecule is CC(=O)CCNC(=O)c1nc(N2CCCc3c2nnc(Nc2nc4ccccc4s2)c3C)ccc1-c1cnn(CC23CC4(C)CCC(OCCN5CCCC5)(CC(C)(C4)C2)C3)c1C. The number of nitrogens with zero attached hydrogens (tertiary/aromatic N) is 8. The van der Waals surface area contributed by atoms with E-state index < -0.39 is 0 Å². The molecule has 1 saturated heterocycles. The van der Waals surface area contributed by atoms with Crippen LogP contribution in [0, 0.1) is 30.1 Å². The smallest absolute Gasteiger partial charge is 0.270 e. The van der Waals surface area contributed by atoms with Gasteiger partial charge in [-0.25, -0.2) is 9.97 Å². The number of fused-ring (bicyclic) bond motifs is 3. The molecular formula is C49H62N10O3S. The molecule has 6 heterocycles. The number of hydrogen-bond donors (Lipinski definition) is 2. The lowest BCUT2D eigenvalue weighted by atomic mass is 9.48. The van der Waals surface area contributed by atoms with E-state index in [9.17, 15) is 9.59 Å². The van der Waals surface area contributed by atoms with Crippen LogP contribution in [0.15, 0.2) is 42.6 Å². The fourth-order valence-electron chi connectivity index (χ4n) is 13.0. The first-order chi connectivity index (χ1) is 30.3. The first-order valence-corrected chi connectivity index (χ1v) is 24.1. The number of anilines is 4. The predicted molar refractivity (Wildman–Crippen MR) is 248 cm³/mol. The van der Waals surface area contributed by atoms with E-state index in [1.807, 2.05) is 36.5 Å². The number of carbonyl (C=O) groups is 2. The minimum atomic E-state index is -0.318. The highest BCUT2D eigenvalue weighted by molar-refractivity contribution is 7.22. The molecule has 6 aliphatic rings. The van der Waals surface area contributed by atoms with Crippen molar-refractivity contribution >= 4 is 55.8 Å².